The molecule has 0 amide bonds. The second-order valence-electron chi connectivity index (χ2n) is 4.95. The highest BCUT2D eigenvalue weighted by Gasteiger charge is 2.09. The van der Waals surface area contributed by atoms with E-state index in [0.29, 0.717) is 6.04 Å². The summed E-state index contributed by atoms with van der Waals surface area (Å²) in [7, 11) is 6.18. The van der Waals surface area contributed by atoms with E-state index in [0.717, 1.165) is 12.8 Å². The largest absolute Gasteiger partial charge is 0.378 e. The lowest BCUT2D eigenvalue weighted by molar-refractivity contribution is 0.551. The quantitative estimate of drug-likeness (QED) is 0.864. The lowest BCUT2D eigenvalue weighted by Gasteiger charge is -2.18. The van der Waals surface area contributed by atoms with E-state index >= 15 is 0 Å². The molecule has 0 fully saturated rings. The maximum absolute atomic E-state index is 3.42. The van der Waals surface area contributed by atoms with Gasteiger partial charge in [0.25, 0.3) is 0 Å². The van der Waals surface area contributed by atoms with Crippen LogP contribution in [0.25, 0.3) is 0 Å². The maximum atomic E-state index is 3.42. The highest BCUT2D eigenvalue weighted by molar-refractivity contribution is 7.09. The van der Waals surface area contributed by atoms with Crippen LogP contribution in [0.15, 0.2) is 41.8 Å². The third-order valence-corrected chi connectivity index (χ3v) is 4.36. The van der Waals surface area contributed by atoms with E-state index in [4.69, 9.17) is 0 Å². The van der Waals surface area contributed by atoms with Crippen molar-refractivity contribution >= 4 is 17.0 Å². The first kappa shape index (κ1) is 14.1. The van der Waals surface area contributed by atoms with Crippen LogP contribution in [0.1, 0.15) is 22.9 Å². The standard InChI is InChI=1S/C16H22N2S/c1-17-16(11-10-15-5-4-12-19-15)13-6-8-14(9-7-13)18(2)3/h4-9,12,16-17H,10-11H2,1-3H3. The summed E-state index contributed by atoms with van der Waals surface area (Å²) in [5.74, 6) is 0. The van der Waals surface area contributed by atoms with E-state index in [9.17, 15) is 0 Å². The van der Waals surface area contributed by atoms with Gasteiger partial charge in [-0.05, 0) is 49.0 Å². The second kappa shape index (κ2) is 6.73. The zero-order valence-electron chi connectivity index (χ0n) is 11.9. The van der Waals surface area contributed by atoms with Crippen LogP contribution < -0.4 is 10.2 Å². The number of hydrogen-bond donors (Lipinski definition) is 1. The van der Waals surface area contributed by atoms with Crippen molar-refractivity contribution in [3.8, 4) is 0 Å². The van der Waals surface area contributed by atoms with Crippen LogP contribution in [-0.2, 0) is 6.42 Å². The van der Waals surface area contributed by atoms with E-state index in [-0.39, 0.29) is 0 Å². The molecule has 0 bridgehead atoms. The van der Waals surface area contributed by atoms with Crippen LogP contribution in [0.4, 0.5) is 5.69 Å². The first-order valence-corrected chi connectivity index (χ1v) is 7.55. The Hall–Kier alpha value is -1.32. The Morgan fingerprint density at radius 1 is 1.16 bits per heavy atom. The van der Waals surface area contributed by atoms with Gasteiger partial charge in [-0.3, -0.25) is 0 Å². The summed E-state index contributed by atoms with van der Waals surface area (Å²) in [6.45, 7) is 0. The fourth-order valence-corrected chi connectivity index (χ4v) is 2.95. The summed E-state index contributed by atoms with van der Waals surface area (Å²) in [5.41, 5.74) is 2.61. The van der Waals surface area contributed by atoms with Crippen molar-refractivity contribution in [3.05, 3.63) is 52.2 Å². The average molecular weight is 274 g/mol. The van der Waals surface area contributed by atoms with Gasteiger partial charge in [-0.15, -0.1) is 11.3 Å². The molecule has 1 atom stereocenters. The Labute approximate surface area is 120 Å². The van der Waals surface area contributed by atoms with Crippen molar-refractivity contribution in [2.75, 3.05) is 26.0 Å². The summed E-state index contributed by atoms with van der Waals surface area (Å²) in [5, 5.41) is 5.57. The fourth-order valence-electron chi connectivity index (χ4n) is 2.22. The molecular formula is C16H22N2S. The van der Waals surface area contributed by atoms with E-state index in [2.05, 4.69) is 66.1 Å². The van der Waals surface area contributed by atoms with Crippen molar-refractivity contribution in [3.63, 3.8) is 0 Å². The number of nitrogens with zero attached hydrogens (tertiary/aromatic N) is 1. The minimum absolute atomic E-state index is 0.429. The topological polar surface area (TPSA) is 15.3 Å². The Morgan fingerprint density at radius 3 is 2.42 bits per heavy atom. The SMILES string of the molecule is CNC(CCc1cccs1)c1ccc(N(C)C)cc1. The van der Waals surface area contributed by atoms with Crippen LogP contribution in [0, 0.1) is 0 Å². The minimum atomic E-state index is 0.429. The van der Waals surface area contributed by atoms with Gasteiger partial charge < -0.3 is 10.2 Å². The molecule has 1 aromatic carbocycles. The smallest absolute Gasteiger partial charge is 0.0361 e. The first-order chi connectivity index (χ1) is 9.20. The summed E-state index contributed by atoms with van der Waals surface area (Å²) >= 11 is 1.84. The molecule has 0 aliphatic heterocycles. The molecule has 2 nitrogen and oxygen atoms in total. The molecule has 0 saturated carbocycles. The number of thiophene rings is 1. The van der Waals surface area contributed by atoms with E-state index in [1.54, 1.807) is 0 Å². The molecular weight excluding hydrogens is 252 g/mol. The van der Waals surface area contributed by atoms with Gasteiger partial charge in [0.05, 0.1) is 0 Å². The average Bonchev–Trinajstić information content (AvgIpc) is 2.93. The van der Waals surface area contributed by atoms with Crippen molar-refractivity contribution in [2.45, 2.75) is 18.9 Å². The Bertz CT molecular complexity index is 474. The highest BCUT2D eigenvalue weighted by Crippen LogP contribution is 2.23. The van der Waals surface area contributed by atoms with Gasteiger partial charge in [0, 0.05) is 30.7 Å². The fraction of sp³-hybridized carbons (Fsp3) is 0.375. The van der Waals surface area contributed by atoms with Crippen LogP contribution >= 0.6 is 11.3 Å². The molecule has 2 aromatic rings. The molecule has 2 rings (SSSR count). The maximum Gasteiger partial charge on any atom is 0.0361 e. The number of aryl methyl sites for hydroxylation is 1. The molecule has 0 saturated heterocycles. The molecule has 19 heavy (non-hydrogen) atoms. The summed E-state index contributed by atoms with van der Waals surface area (Å²) in [6, 6.07) is 13.6. The van der Waals surface area contributed by atoms with Gasteiger partial charge >= 0.3 is 0 Å². The summed E-state index contributed by atoms with van der Waals surface area (Å²) in [4.78, 5) is 3.59. The van der Waals surface area contributed by atoms with Crippen LogP contribution in [-0.4, -0.2) is 21.1 Å². The molecule has 0 aliphatic rings. The highest BCUT2D eigenvalue weighted by atomic mass is 32.1. The van der Waals surface area contributed by atoms with Crippen LogP contribution in [0.3, 0.4) is 0 Å². The molecule has 3 heteroatoms. The van der Waals surface area contributed by atoms with Gasteiger partial charge in [0.2, 0.25) is 0 Å². The number of benzene rings is 1. The van der Waals surface area contributed by atoms with Gasteiger partial charge in [0.1, 0.15) is 0 Å². The lowest BCUT2D eigenvalue weighted by Crippen LogP contribution is -2.17. The molecule has 0 radical (unpaired) electrons. The number of nitrogens with one attached hydrogen (secondary N) is 1. The number of rotatable bonds is 6. The van der Waals surface area contributed by atoms with Crippen molar-refractivity contribution in [2.24, 2.45) is 0 Å². The predicted octanol–water partition coefficient (Wildman–Crippen LogP) is 3.71. The molecule has 0 spiro atoms. The third-order valence-electron chi connectivity index (χ3n) is 3.42. The molecule has 1 unspecified atom stereocenters. The predicted molar refractivity (Wildman–Crippen MR) is 85.2 cm³/mol. The Morgan fingerprint density at radius 2 is 1.89 bits per heavy atom. The zero-order valence-corrected chi connectivity index (χ0v) is 12.7. The monoisotopic (exact) mass is 274 g/mol. The molecule has 1 N–H and O–H groups in total. The molecule has 102 valence electrons. The summed E-state index contributed by atoms with van der Waals surface area (Å²) < 4.78 is 0. The van der Waals surface area contributed by atoms with E-state index < -0.39 is 0 Å². The van der Waals surface area contributed by atoms with Crippen molar-refractivity contribution < 1.29 is 0 Å². The second-order valence-corrected chi connectivity index (χ2v) is 5.98. The third kappa shape index (κ3) is 3.82. The van der Waals surface area contributed by atoms with Gasteiger partial charge in [-0.1, -0.05) is 18.2 Å². The van der Waals surface area contributed by atoms with Gasteiger partial charge in [-0.25, -0.2) is 0 Å². The van der Waals surface area contributed by atoms with Crippen molar-refractivity contribution in [1.82, 2.24) is 5.32 Å². The molecule has 1 heterocycles. The minimum Gasteiger partial charge on any atom is -0.378 e. The van der Waals surface area contributed by atoms with E-state index in [1.165, 1.54) is 16.1 Å². The van der Waals surface area contributed by atoms with Crippen LogP contribution in [0.2, 0.25) is 0 Å². The van der Waals surface area contributed by atoms with Crippen LogP contribution in [0.5, 0.6) is 0 Å². The zero-order chi connectivity index (χ0) is 13.7. The first-order valence-electron chi connectivity index (χ1n) is 6.67. The Kier molecular flexibility index (Phi) is 5.00. The van der Waals surface area contributed by atoms with Gasteiger partial charge in [0.15, 0.2) is 0 Å². The Balaban J connectivity index is 2.00. The van der Waals surface area contributed by atoms with E-state index in [1.807, 2.05) is 18.4 Å². The molecule has 0 aliphatic carbocycles. The lowest BCUT2D eigenvalue weighted by atomic mass is 10.0. The normalized spacial score (nSPS) is 12.4. The van der Waals surface area contributed by atoms with Gasteiger partial charge in [-0.2, -0.15) is 0 Å². The number of anilines is 1. The van der Waals surface area contributed by atoms with Crippen molar-refractivity contribution in [1.29, 1.82) is 0 Å². The molecule has 1 aromatic heterocycles. The number of hydrogen-bond acceptors (Lipinski definition) is 3. The summed E-state index contributed by atoms with van der Waals surface area (Å²) in [6.07, 6.45) is 2.27.